The first kappa shape index (κ1) is 17.7. The number of amides is 1. The van der Waals surface area contributed by atoms with E-state index in [2.05, 4.69) is 31.1 Å². The summed E-state index contributed by atoms with van der Waals surface area (Å²) in [7, 11) is 1.56. The lowest BCUT2D eigenvalue weighted by Gasteiger charge is -2.21. The van der Waals surface area contributed by atoms with Crippen LogP contribution in [0, 0.1) is 0 Å². The van der Waals surface area contributed by atoms with Gasteiger partial charge in [0.1, 0.15) is 5.75 Å². The van der Waals surface area contributed by atoms with Crippen LogP contribution in [0.1, 0.15) is 36.7 Å². The van der Waals surface area contributed by atoms with Crippen molar-refractivity contribution in [3.63, 3.8) is 0 Å². The van der Waals surface area contributed by atoms with Crippen molar-refractivity contribution in [2.75, 3.05) is 12.4 Å². The summed E-state index contributed by atoms with van der Waals surface area (Å²) < 4.78 is 5.38. The van der Waals surface area contributed by atoms with Crippen molar-refractivity contribution in [3.05, 3.63) is 70.0 Å². The second-order valence-corrected chi connectivity index (χ2v) is 7.21. The molecular formula is C21H22N2O3. The number of aromatic nitrogens is 1. The molecule has 1 heterocycles. The van der Waals surface area contributed by atoms with Crippen molar-refractivity contribution in [3.8, 4) is 5.75 Å². The highest BCUT2D eigenvalue weighted by Crippen LogP contribution is 2.32. The molecule has 2 aromatic carbocycles. The number of rotatable bonds is 3. The van der Waals surface area contributed by atoms with Gasteiger partial charge in [-0.25, -0.2) is 0 Å². The summed E-state index contributed by atoms with van der Waals surface area (Å²) in [5.74, 6) is 0.220. The van der Waals surface area contributed by atoms with Crippen molar-refractivity contribution >= 4 is 22.5 Å². The monoisotopic (exact) mass is 350 g/mol. The third-order valence-corrected chi connectivity index (χ3v) is 4.31. The summed E-state index contributed by atoms with van der Waals surface area (Å²) in [5, 5.41) is 3.58. The van der Waals surface area contributed by atoms with E-state index in [0.29, 0.717) is 27.9 Å². The zero-order valence-electron chi connectivity index (χ0n) is 15.3. The van der Waals surface area contributed by atoms with Gasteiger partial charge < -0.3 is 15.0 Å². The van der Waals surface area contributed by atoms with Crippen molar-refractivity contribution in [1.29, 1.82) is 0 Å². The van der Waals surface area contributed by atoms with E-state index < -0.39 is 0 Å². The average molecular weight is 350 g/mol. The Morgan fingerprint density at radius 2 is 1.81 bits per heavy atom. The van der Waals surface area contributed by atoms with Crippen LogP contribution in [0.5, 0.6) is 5.75 Å². The lowest BCUT2D eigenvalue weighted by Crippen LogP contribution is -2.18. The highest BCUT2D eigenvalue weighted by atomic mass is 16.5. The third kappa shape index (κ3) is 3.47. The predicted molar refractivity (Wildman–Crippen MR) is 104 cm³/mol. The summed E-state index contributed by atoms with van der Waals surface area (Å²) >= 11 is 0. The average Bonchev–Trinajstić information content (AvgIpc) is 2.60. The number of carbonyl (C=O) groups excluding carboxylic acids is 1. The minimum Gasteiger partial charge on any atom is -0.495 e. The van der Waals surface area contributed by atoms with Crippen LogP contribution in [0.2, 0.25) is 0 Å². The summed E-state index contributed by atoms with van der Waals surface area (Å²) in [6, 6.07) is 14.3. The normalized spacial score (nSPS) is 11.4. The topological polar surface area (TPSA) is 71.2 Å². The van der Waals surface area contributed by atoms with Crippen LogP contribution in [0.15, 0.2) is 53.3 Å². The van der Waals surface area contributed by atoms with Crippen LogP contribution in [-0.2, 0) is 5.41 Å². The SMILES string of the molecule is COc1ccc(C(C)(C)C)cc1NC(=O)c1cc(=O)[nH]c2ccccc12. The first-order valence-corrected chi connectivity index (χ1v) is 8.41. The Morgan fingerprint density at radius 3 is 2.50 bits per heavy atom. The Labute approximate surface area is 152 Å². The first-order chi connectivity index (χ1) is 12.3. The number of H-pyrrole nitrogens is 1. The van der Waals surface area contributed by atoms with Crippen LogP contribution in [-0.4, -0.2) is 18.0 Å². The number of nitrogens with one attached hydrogen (secondary N) is 2. The first-order valence-electron chi connectivity index (χ1n) is 8.41. The molecule has 0 fully saturated rings. The standard InChI is InChI=1S/C21H22N2O3/c1-21(2,3)13-9-10-18(26-4)17(11-13)23-20(25)15-12-19(24)22-16-8-6-5-7-14(15)16/h5-12H,1-4H3,(H,22,24)(H,23,25). The molecular weight excluding hydrogens is 328 g/mol. The number of methoxy groups -OCH3 is 1. The van der Waals surface area contributed by atoms with Gasteiger partial charge in [0.05, 0.1) is 18.4 Å². The van der Waals surface area contributed by atoms with Gasteiger partial charge in [0.15, 0.2) is 0 Å². The van der Waals surface area contributed by atoms with Gasteiger partial charge in [-0.05, 0) is 29.2 Å². The molecule has 2 N–H and O–H groups in total. The molecule has 0 radical (unpaired) electrons. The second-order valence-electron chi connectivity index (χ2n) is 7.21. The molecule has 0 spiro atoms. The maximum absolute atomic E-state index is 12.9. The van der Waals surface area contributed by atoms with Crippen molar-refractivity contribution in [1.82, 2.24) is 4.98 Å². The summed E-state index contributed by atoms with van der Waals surface area (Å²) in [6.45, 7) is 6.31. The lowest BCUT2D eigenvalue weighted by molar-refractivity contribution is 0.102. The highest BCUT2D eigenvalue weighted by Gasteiger charge is 2.18. The van der Waals surface area contributed by atoms with Crippen LogP contribution in [0.3, 0.4) is 0 Å². The Balaban J connectivity index is 2.05. The van der Waals surface area contributed by atoms with E-state index in [9.17, 15) is 9.59 Å². The minimum atomic E-state index is -0.350. The molecule has 26 heavy (non-hydrogen) atoms. The molecule has 5 nitrogen and oxygen atoms in total. The largest absolute Gasteiger partial charge is 0.495 e. The fourth-order valence-corrected chi connectivity index (χ4v) is 2.85. The number of benzene rings is 2. The number of ether oxygens (including phenoxy) is 1. The van der Waals surface area contributed by atoms with Gasteiger partial charge in [-0.1, -0.05) is 45.0 Å². The van der Waals surface area contributed by atoms with E-state index in [0.717, 1.165) is 5.56 Å². The smallest absolute Gasteiger partial charge is 0.256 e. The molecule has 0 unspecified atom stereocenters. The van der Waals surface area contributed by atoms with Crippen LogP contribution >= 0.6 is 0 Å². The third-order valence-electron chi connectivity index (χ3n) is 4.31. The number of para-hydroxylation sites is 1. The molecule has 0 atom stereocenters. The van der Waals surface area contributed by atoms with E-state index >= 15 is 0 Å². The molecule has 0 bridgehead atoms. The van der Waals surface area contributed by atoms with Gasteiger partial charge in [-0.15, -0.1) is 0 Å². The van der Waals surface area contributed by atoms with Crippen molar-refractivity contribution < 1.29 is 9.53 Å². The van der Waals surface area contributed by atoms with E-state index in [1.54, 1.807) is 13.2 Å². The van der Waals surface area contributed by atoms with Gasteiger partial charge in [-0.2, -0.15) is 0 Å². The van der Waals surface area contributed by atoms with E-state index in [1.165, 1.54) is 6.07 Å². The molecule has 3 aromatic rings. The van der Waals surface area contributed by atoms with Gasteiger partial charge in [0.2, 0.25) is 5.56 Å². The van der Waals surface area contributed by atoms with Gasteiger partial charge in [-0.3, -0.25) is 9.59 Å². The molecule has 0 aliphatic rings. The number of pyridine rings is 1. The van der Waals surface area contributed by atoms with Crippen LogP contribution in [0.4, 0.5) is 5.69 Å². The van der Waals surface area contributed by atoms with Gasteiger partial charge in [0.25, 0.3) is 5.91 Å². The van der Waals surface area contributed by atoms with Crippen molar-refractivity contribution in [2.45, 2.75) is 26.2 Å². The van der Waals surface area contributed by atoms with Crippen molar-refractivity contribution in [2.24, 2.45) is 0 Å². The Morgan fingerprint density at radius 1 is 1.08 bits per heavy atom. The molecule has 0 saturated heterocycles. The Bertz CT molecular complexity index is 1030. The molecule has 134 valence electrons. The van der Waals surface area contributed by atoms with Crippen LogP contribution < -0.4 is 15.6 Å². The molecule has 0 saturated carbocycles. The number of fused-ring (bicyclic) bond motifs is 1. The zero-order chi connectivity index (χ0) is 18.9. The molecule has 0 aliphatic heterocycles. The lowest BCUT2D eigenvalue weighted by atomic mass is 9.87. The summed E-state index contributed by atoms with van der Waals surface area (Å²) in [4.78, 5) is 27.5. The van der Waals surface area contributed by atoms with Gasteiger partial charge in [0, 0.05) is 17.0 Å². The number of hydrogen-bond acceptors (Lipinski definition) is 3. The van der Waals surface area contributed by atoms with E-state index in [1.807, 2.05) is 36.4 Å². The molecule has 1 aromatic heterocycles. The highest BCUT2D eigenvalue weighted by molar-refractivity contribution is 6.12. The zero-order valence-corrected chi connectivity index (χ0v) is 15.3. The van der Waals surface area contributed by atoms with Crippen LogP contribution in [0.25, 0.3) is 10.9 Å². The molecule has 5 heteroatoms. The van der Waals surface area contributed by atoms with Gasteiger partial charge >= 0.3 is 0 Å². The van der Waals surface area contributed by atoms with E-state index in [4.69, 9.17) is 4.74 Å². The number of carbonyl (C=O) groups is 1. The fourth-order valence-electron chi connectivity index (χ4n) is 2.85. The quantitative estimate of drug-likeness (QED) is 0.747. The number of aromatic amines is 1. The Hall–Kier alpha value is -3.08. The maximum atomic E-state index is 12.9. The Kier molecular flexibility index (Phi) is 4.55. The molecule has 3 rings (SSSR count). The number of anilines is 1. The summed E-state index contributed by atoms with van der Waals surface area (Å²) in [5.41, 5.74) is 2.22. The summed E-state index contributed by atoms with van der Waals surface area (Å²) in [6.07, 6.45) is 0. The minimum absolute atomic E-state index is 0.0671. The molecule has 0 aliphatic carbocycles. The maximum Gasteiger partial charge on any atom is 0.256 e. The van der Waals surface area contributed by atoms with E-state index in [-0.39, 0.29) is 16.9 Å². The number of hydrogen-bond donors (Lipinski definition) is 2. The fraction of sp³-hybridized carbons (Fsp3) is 0.238. The predicted octanol–water partition coefficient (Wildman–Crippen LogP) is 4.09. The second kappa shape index (κ2) is 6.67. The molecule has 1 amide bonds.